The molecule has 1 aromatic heterocycles. The minimum absolute atomic E-state index is 0.0955. The Morgan fingerprint density at radius 3 is 2.62 bits per heavy atom. The maximum Gasteiger partial charge on any atom is 0.328 e. The van der Waals surface area contributed by atoms with Crippen LogP contribution in [0.1, 0.15) is 21.7 Å². The lowest BCUT2D eigenvalue weighted by atomic mass is 9.94. The number of benzene rings is 1. The van der Waals surface area contributed by atoms with Gasteiger partial charge in [-0.25, -0.2) is 4.79 Å². The molecule has 2 amide bonds. The molecule has 136 valence electrons. The van der Waals surface area contributed by atoms with Gasteiger partial charge < -0.3 is 19.4 Å². The summed E-state index contributed by atoms with van der Waals surface area (Å²) < 4.78 is 10.4. The minimum Gasteiger partial charge on any atom is -0.467 e. The number of fused-ring (bicyclic) bond motifs is 1. The molecule has 0 radical (unpaired) electrons. The summed E-state index contributed by atoms with van der Waals surface area (Å²) in [5.74, 6) is -1.25. The van der Waals surface area contributed by atoms with E-state index in [-0.39, 0.29) is 24.8 Å². The molecular formula is C18H17BrN2O5. The molecule has 0 fully saturated rings. The molecule has 0 bridgehead atoms. The van der Waals surface area contributed by atoms with Gasteiger partial charge in [0.05, 0.1) is 13.7 Å². The van der Waals surface area contributed by atoms with Gasteiger partial charge in [0, 0.05) is 13.0 Å². The van der Waals surface area contributed by atoms with Gasteiger partial charge in [-0.05, 0) is 39.2 Å². The third-order valence-corrected chi connectivity index (χ3v) is 4.67. The number of amides is 2. The fraction of sp³-hybridized carbons (Fsp3) is 0.278. The molecule has 1 atom stereocenters. The van der Waals surface area contributed by atoms with E-state index in [4.69, 9.17) is 9.15 Å². The Morgan fingerprint density at radius 1 is 1.23 bits per heavy atom. The fourth-order valence-electron chi connectivity index (χ4n) is 2.91. The topological polar surface area (TPSA) is 88.9 Å². The average Bonchev–Trinajstić information content (AvgIpc) is 3.10. The Balaban J connectivity index is 1.71. The quantitative estimate of drug-likeness (QED) is 0.762. The number of esters is 1. The van der Waals surface area contributed by atoms with Gasteiger partial charge in [-0.1, -0.05) is 24.3 Å². The van der Waals surface area contributed by atoms with Crippen molar-refractivity contribution in [2.24, 2.45) is 0 Å². The van der Waals surface area contributed by atoms with E-state index in [2.05, 4.69) is 21.2 Å². The third kappa shape index (κ3) is 3.80. The molecule has 1 unspecified atom stereocenters. The lowest BCUT2D eigenvalue weighted by Gasteiger charge is -2.35. The summed E-state index contributed by atoms with van der Waals surface area (Å²) in [6.45, 7) is 0.0454. The van der Waals surface area contributed by atoms with Gasteiger partial charge in [-0.2, -0.15) is 0 Å². The summed E-state index contributed by atoms with van der Waals surface area (Å²) in [7, 11) is 1.29. The second kappa shape index (κ2) is 7.74. The zero-order valence-corrected chi connectivity index (χ0v) is 15.6. The van der Waals surface area contributed by atoms with Crippen LogP contribution in [-0.4, -0.2) is 42.4 Å². The van der Waals surface area contributed by atoms with Gasteiger partial charge >= 0.3 is 5.97 Å². The number of nitrogens with one attached hydrogen (secondary N) is 1. The van der Waals surface area contributed by atoms with Crippen LogP contribution in [0.25, 0.3) is 0 Å². The van der Waals surface area contributed by atoms with Crippen molar-refractivity contribution in [1.82, 2.24) is 10.2 Å². The van der Waals surface area contributed by atoms with Crippen LogP contribution in [0.15, 0.2) is 45.5 Å². The SMILES string of the molecule is COC(=O)C1Cc2ccccc2CN1C(=O)CNC(=O)c1ccc(Br)o1. The van der Waals surface area contributed by atoms with Crippen LogP contribution in [-0.2, 0) is 27.3 Å². The molecule has 8 heteroatoms. The van der Waals surface area contributed by atoms with Crippen LogP contribution in [0.3, 0.4) is 0 Å². The molecule has 1 aliphatic heterocycles. The number of hydrogen-bond acceptors (Lipinski definition) is 5. The summed E-state index contributed by atoms with van der Waals surface area (Å²) >= 11 is 3.12. The predicted molar refractivity (Wildman–Crippen MR) is 95.2 cm³/mol. The molecule has 0 aliphatic carbocycles. The number of hydrogen-bond donors (Lipinski definition) is 1. The summed E-state index contributed by atoms with van der Waals surface area (Å²) in [6, 6.07) is 10.0. The number of carbonyl (C=O) groups is 3. The zero-order valence-electron chi connectivity index (χ0n) is 14.0. The lowest BCUT2D eigenvalue weighted by molar-refractivity contribution is -0.153. The van der Waals surface area contributed by atoms with Gasteiger partial charge in [0.1, 0.15) is 6.04 Å². The number of nitrogens with zero attached hydrogens (tertiary/aromatic N) is 1. The Hall–Kier alpha value is -2.61. The standard InChI is InChI=1S/C18H17BrN2O5/c1-25-18(24)13-8-11-4-2-3-5-12(11)10-21(13)16(22)9-20-17(23)14-6-7-15(19)26-14/h2-7,13H,8-10H2,1H3,(H,20,23). The molecule has 3 rings (SSSR count). The summed E-state index contributed by atoms with van der Waals surface area (Å²) in [6.07, 6.45) is 0.383. The molecule has 26 heavy (non-hydrogen) atoms. The molecule has 2 aromatic rings. The number of methoxy groups -OCH3 is 1. The van der Waals surface area contributed by atoms with Crippen LogP contribution < -0.4 is 5.32 Å². The number of halogens is 1. The third-order valence-electron chi connectivity index (χ3n) is 4.24. The molecule has 0 saturated carbocycles. The summed E-state index contributed by atoms with van der Waals surface area (Å²) in [5, 5.41) is 2.51. The van der Waals surface area contributed by atoms with E-state index in [0.29, 0.717) is 11.1 Å². The van der Waals surface area contributed by atoms with E-state index in [0.717, 1.165) is 11.1 Å². The summed E-state index contributed by atoms with van der Waals surface area (Å²) in [5.41, 5.74) is 1.98. The van der Waals surface area contributed by atoms with Gasteiger partial charge in [0.2, 0.25) is 5.91 Å². The van der Waals surface area contributed by atoms with Crippen molar-refractivity contribution in [1.29, 1.82) is 0 Å². The Bertz CT molecular complexity index is 848. The molecule has 2 heterocycles. The Labute approximate surface area is 158 Å². The lowest BCUT2D eigenvalue weighted by Crippen LogP contribution is -2.51. The number of ether oxygens (including phenoxy) is 1. The van der Waals surface area contributed by atoms with Crippen molar-refractivity contribution in [2.75, 3.05) is 13.7 Å². The zero-order chi connectivity index (χ0) is 18.7. The van der Waals surface area contributed by atoms with E-state index in [1.54, 1.807) is 6.07 Å². The van der Waals surface area contributed by atoms with E-state index < -0.39 is 17.9 Å². The first-order valence-corrected chi connectivity index (χ1v) is 8.76. The van der Waals surface area contributed by atoms with Crippen molar-refractivity contribution in [3.63, 3.8) is 0 Å². The highest BCUT2D eigenvalue weighted by Gasteiger charge is 2.35. The Morgan fingerprint density at radius 2 is 1.96 bits per heavy atom. The number of carbonyl (C=O) groups excluding carboxylic acids is 3. The van der Waals surface area contributed by atoms with Crippen molar-refractivity contribution in [3.8, 4) is 0 Å². The van der Waals surface area contributed by atoms with Crippen molar-refractivity contribution in [2.45, 2.75) is 19.0 Å². The van der Waals surface area contributed by atoms with Crippen LogP contribution in [0.2, 0.25) is 0 Å². The largest absolute Gasteiger partial charge is 0.467 e. The minimum atomic E-state index is -0.711. The second-order valence-electron chi connectivity index (χ2n) is 5.82. The molecule has 0 spiro atoms. The predicted octanol–water partition coefficient (Wildman–Crippen LogP) is 1.90. The van der Waals surface area contributed by atoms with E-state index in [1.807, 2.05) is 24.3 Å². The highest BCUT2D eigenvalue weighted by Crippen LogP contribution is 2.24. The first kappa shape index (κ1) is 18.2. The molecule has 0 saturated heterocycles. The number of rotatable bonds is 4. The maximum absolute atomic E-state index is 12.6. The molecular weight excluding hydrogens is 404 g/mol. The normalized spacial score (nSPS) is 15.9. The first-order chi connectivity index (χ1) is 12.5. The fourth-order valence-corrected chi connectivity index (χ4v) is 3.22. The maximum atomic E-state index is 12.6. The van der Waals surface area contributed by atoms with E-state index in [9.17, 15) is 14.4 Å². The van der Waals surface area contributed by atoms with Crippen LogP contribution in [0, 0.1) is 0 Å². The number of furan rings is 1. The Kier molecular flexibility index (Phi) is 5.41. The van der Waals surface area contributed by atoms with Gasteiger partial charge in [0.25, 0.3) is 5.91 Å². The molecule has 1 aliphatic rings. The van der Waals surface area contributed by atoms with Crippen molar-refractivity contribution < 1.29 is 23.5 Å². The summed E-state index contributed by atoms with van der Waals surface area (Å²) in [4.78, 5) is 38.2. The van der Waals surface area contributed by atoms with Crippen molar-refractivity contribution >= 4 is 33.7 Å². The van der Waals surface area contributed by atoms with Crippen LogP contribution >= 0.6 is 15.9 Å². The highest BCUT2D eigenvalue weighted by molar-refractivity contribution is 9.10. The molecule has 7 nitrogen and oxygen atoms in total. The monoisotopic (exact) mass is 420 g/mol. The first-order valence-electron chi connectivity index (χ1n) is 7.97. The van der Waals surface area contributed by atoms with Crippen LogP contribution in [0.4, 0.5) is 0 Å². The highest BCUT2D eigenvalue weighted by atomic mass is 79.9. The van der Waals surface area contributed by atoms with Crippen molar-refractivity contribution in [3.05, 3.63) is 58.0 Å². The van der Waals surface area contributed by atoms with Gasteiger partial charge in [-0.15, -0.1) is 0 Å². The smallest absolute Gasteiger partial charge is 0.328 e. The molecule has 1 N–H and O–H groups in total. The van der Waals surface area contributed by atoms with E-state index >= 15 is 0 Å². The second-order valence-corrected chi connectivity index (χ2v) is 6.60. The average molecular weight is 421 g/mol. The van der Waals surface area contributed by atoms with Crippen LogP contribution in [0.5, 0.6) is 0 Å². The van der Waals surface area contributed by atoms with Gasteiger partial charge in [0.15, 0.2) is 10.4 Å². The van der Waals surface area contributed by atoms with E-state index in [1.165, 1.54) is 18.1 Å². The molecule has 1 aromatic carbocycles. The van der Waals surface area contributed by atoms with Gasteiger partial charge in [-0.3, -0.25) is 9.59 Å².